The topological polar surface area (TPSA) is 78.3 Å². The number of amides is 1. The van der Waals surface area contributed by atoms with Crippen molar-refractivity contribution in [2.45, 2.75) is 76.5 Å². The normalized spacial score (nSPS) is 22.8. The zero-order valence-corrected chi connectivity index (χ0v) is 19.1. The van der Waals surface area contributed by atoms with Gasteiger partial charge in [0.05, 0.1) is 28.9 Å². The van der Waals surface area contributed by atoms with Crippen LogP contribution in [0, 0.1) is 0 Å². The monoisotopic (exact) mass is 454 g/mol. The Bertz CT molecular complexity index is 936. The van der Waals surface area contributed by atoms with Crippen molar-refractivity contribution in [2.24, 2.45) is 7.05 Å². The van der Waals surface area contributed by atoms with Gasteiger partial charge in [-0.3, -0.25) is 9.36 Å². The number of carbonyl (C=O) groups excluding carboxylic acids is 1. The number of aryl methyl sites for hydroxylation is 1. The van der Waals surface area contributed by atoms with Gasteiger partial charge in [-0.15, -0.1) is 0 Å². The maximum absolute atomic E-state index is 11.1. The van der Waals surface area contributed by atoms with E-state index in [0.717, 1.165) is 49.7 Å². The highest BCUT2D eigenvalue weighted by atomic mass is 35.5. The molecule has 1 atom stereocenters. The van der Waals surface area contributed by atoms with Crippen molar-refractivity contribution in [3.05, 3.63) is 15.9 Å². The Balaban J connectivity index is 1.37. The Hall–Kier alpha value is -1.57. The quantitative estimate of drug-likeness (QED) is 0.627. The third-order valence-corrected chi connectivity index (χ3v) is 6.43. The first kappa shape index (κ1) is 21.7. The predicted octanol–water partition coefficient (Wildman–Crippen LogP) is 4.38. The highest BCUT2D eigenvalue weighted by molar-refractivity contribution is 6.39. The van der Waals surface area contributed by atoms with Crippen molar-refractivity contribution in [1.82, 2.24) is 19.9 Å². The van der Waals surface area contributed by atoms with Gasteiger partial charge in [-0.2, -0.15) is 4.98 Å². The fraction of sp³-hybridized carbons (Fsp3) is 0.667. The van der Waals surface area contributed by atoms with E-state index in [1.165, 1.54) is 6.92 Å². The average Bonchev–Trinajstić information content (AvgIpc) is 3.48. The molecule has 9 heteroatoms. The van der Waals surface area contributed by atoms with E-state index in [1.54, 1.807) is 0 Å². The van der Waals surface area contributed by atoms with Crippen LogP contribution in [0.25, 0.3) is 11.0 Å². The Kier molecular flexibility index (Phi) is 6.42. The summed E-state index contributed by atoms with van der Waals surface area (Å²) in [5, 5.41) is 3.85. The van der Waals surface area contributed by atoms with Crippen molar-refractivity contribution in [2.75, 3.05) is 6.61 Å². The van der Waals surface area contributed by atoms with Gasteiger partial charge in [-0.05, 0) is 45.4 Å². The SMILES string of the molecule is CC(=O)N[C@@H](C)CO[C@H]1CC[C@H](Oc2nc3c(Cl)nc(C4CC4)c(Cl)c3n2C)CC1. The number of hydrogen-bond acceptors (Lipinski definition) is 5. The Morgan fingerprint density at radius 1 is 1.17 bits per heavy atom. The molecule has 1 amide bonds. The van der Waals surface area contributed by atoms with Crippen LogP contribution in [0.15, 0.2) is 0 Å². The van der Waals surface area contributed by atoms with Gasteiger partial charge in [0, 0.05) is 25.9 Å². The molecule has 4 rings (SSSR count). The van der Waals surface area contributed by atoms with E-state index in [0.29, 0.717) is 34.2 Å². The molecule has 164 valence electrons. The molecular weight excluding hydrogens is 427 g/mol. The number of nitrogens with one attached hydrogen (secondary N) is 1. The van der Waals surface area contributed by atoms with Gasteiger partial charge in [0.1, 0.15) is 11.6 Å². The number of nitrogens with zero attached hydrogens (tertiary/aromatic N) is 3. The van der Waals surface area contributed by atoms with Crippen molar-refractivity contribution < 1.29 is 14.3 Å². The molecule has 7 nitrogen and oxygen atoms in total. The van der Waals surface area contributed by atoms with Gasteiger partial charge in [0.15, 0.2) is 5.15 Å². The number of pyridine rings is 1. The summed E-state index contributed by atoms with van der Waals surface area (Å²) in [6.07, 6.45) is 6.06. The van der Waals surface area contributed by atoms with Gasteiger partial charge in [0.25, 0.3) is 6.01 Å². The van der Waals surface area contributed by atoms with Crippen molar-refractivity contribution in [3.63, 3.8) is 0 Å². The van der Waals surface area contributed by atoms with Crippen LogP contribution in [0.2, 0.25) is 10.2 Å². The maximum Gasteiger partial charge on any atom is 0.297 e. The van der Waals surface area contributed by atoms with Crippen molar-refractivity contribution >= 4 is 40.1 Å². The van der Waals surface area contributed by atoms with Gasteiger partial charge in [-0.25, -0.2) is 4.98 Å². The molecule has 30 heavy (non-hydrogen) atoms. The second-order valence-electron chi connectivity index (χ2n) is 8.48. The predicted molar refractivity (Wildman–Crippen MR) is 116 cm³/mol. The summed E-state index contributed by atoms with van der Waals surface area (Å²) < 4.78 is 14.1. The van der Waals surface area contributed by atoms with E-state index in [4.69, 9.17) is 32.7 Å². The van der Waals surface area contributed by atoms with Crippen LogP contribution in [-0.2, 0) is 16.6 Å². The molecule has 2 aliphatic carbocycles. The number of halogens is 2. The summed E-state index contributed by atoms with van der Waals surface area (Å²) in [5.74, 6) is 0.368. The second kappa shape index (κ2) is 8.89. The van der Waals surface area contributed by atoms with Crippen LogP contribution in [0.3, 0.4) is 0 Å². The molecule has 0 aromatic carbocycles. The molecule has 2 aliphatic rings. The molecule has 0 aliphatic heterocycles. The molecule has 0 bridgehead atoms. The first-order valence-electron chi connectivity index (χ1n) is 10.6. The Morgan fingerprint density at radius 2 is 1.83 bits per heavy atom. The Labute approximate surface area is 186 Å². The molecule has 2 aromatic heterocycles. The number of ether oxygens (including phenoxy) is 2. The minimum Gasteiger partial charge on any atom is -0.461 e. The zero-order valence-electron chi connectivity index (χ0n) is 17.6. The molecule has 0 spiro atoms. The number of carbonyl (C=O) groups is 1. The summed E-state index contributed by atoms with van der Waals surface area (Å²) in [7, 11) is 1.90. The van der Waals surface area contributed by atoms with Crippen LogP contribution >= 0.6 is 23.2 Å². The van der Waals surface area contributed by atoms with Crippen molar-refractivity contribution in [1.29, 1.82) is 0 Å². The highest BCUT2D eigenvalue weighted by Crippen LogP contribution is 2.45. The first-order chi connectivity index (χ1) is 14.3. The van der Waals surface area contributed by atoms with Crippen LogP contribution in [0.4, 0.5) is 0 Å². The molecule has 1 N–H and O–H groups in total. The molecule has 2 fully saturated rings. The van der Waals surface area contributed by atoms with E-state index < -0.39 is 0 Å². The summed E-state index contributed by atoms with van der Waals surface area (Å²) in [6, 6.07) is 0.535. The third kappa shape index (κ3) is 4.68. The molecular formula is C21H28Cl2N4O3. The fourth-order valence-electron chi connectivity index (χ4n) is 4.07. The minimum atomic E-state index is -0.0367. The molecule has 0 saturated heterocycles. The third-order valence-electron chi connectivity index (χ3n) is 5.79. The lowest BCUT2D eigenvalue weighted by atomic mass is 9.95. The van der Waals surface area contributed by atoms with E-state index in [-0.39, 0.29) is 24.2 Å². The molecule has 2 aromatic rings. The van der Waals surface area contributed by atoms with E-state index in [1.807, 2.05) is 18.5 Å². The van der Waals surface area contributed by atoms with E-state index in [2.05, 4.69) is 15.3 Å². The minimum absolute atomic E-state index is 0.0140. The number of hydrogen-bond donors (Lipinski definition) is 1. The summed E-state index contributed by atoms with van der Waals surface area (Å²) in [4.78, 5) is 20.2. The van der Waals surface area contributed by atoms with Gasteiger partial charge in [-0.1, -0.05) is 23.2 Å². The molecule has 0 unspecified atom stereocenters. The van der Waals surface area contributed by atoms with Crippen LogP contribution in [0.1, 0.15) is 64.0 Å². The number of aromatic nitrogens is 3. The fourth-order valence-corrected chi connectivity index (χ4v) is 4.71. The highest BCUT2D eigenvalue weighted by Gasteiger charge is 2.31. The standard InChI is InChI=1S/C21H28Cl2N4O3/c1-11(24-12(2)28)10-29-14-6-8-15(9-7-14)30-21-26-18-19(27(21)3)16(22)17(13-4-5-13)25-20(18)23/h11,13-15H,4-10H2,1-3H3,(H,24,28)/t11-,14-,15-/m0/s1. The largest absolute Gasteiger partial charge is 0.461 e. The molecule has 2 saturated carbocycles. The van der Waals surface area contributed by atoms with Gasteiger partial charge < -0.3 is 14.8 Å². The van der Waals surface area contributed by atoms with E-state index >= 15 is 0 Å². The summed E-state index contributed by atoms with van der Waals surface area (Å²) >= 11 is 13.0. The lowest BCUT2D eigenvalue weighted by molar-refractivity contribution is -0.120. The van der Waals surface area contributed by atoms with Gasteiger partial charge >= 0.3 is 0 Å². The second-order valence-corrected chi connectivity index (χ2v) is 9.21. The molecule has 2 heterocycles. The average molecular weight is 455 g/mol. The van der Waals surface area contributed by atoms with Crippen LogP contribution in [0.5, 0.6) is 6.01 Å². The lowest BCUT2D eigenvalue weighted by Gasteiger charge is -2.29. The lowest BCUT2D eigenvalue weighted by Crippen LogP contribution is -2.37. The number of imidazole rings is 1. The first-order valence-corrected chi connectivity index (χ1v) is 11.4. The number of rotatable bonds is 7. The smallest absolute Gasteiger partial charge is 0.297 e. The summed E-state index contributed by atoms with van der Waals surface area (Å²) in [5.41, 5.74) is 2.25. The van der Waals surface area contributed by atoms with Gasteiger partial charge in [0.2, 0.25) is 5.91 Å². The van der Waals surface area contributed by atoms with Crippen molar-refractivity contribution in [3.8, 4) is 6.01 Å². The molecule has 0 radical (unpaired) electrons. The maximum atomic E-state index is 11.1. The Morgan fingerprint density at radius 3 is 2.47 bits per heavy atom. The zero-order chi connectivity index (χ0) is 21.4. The summed E-state index contributed by atoms with van der Waals surface area (Å²) in [6.45, 7) is 3.98. The number of fused-ring (bicyclic) bond motifs is 1. The van der Waals surface area contributed by atoms with Crippen LogP contribution < -0.4 is 10.1 Å². The van der Waals surface area contributed by atoms with Crippen LogP contribution in [-0.4, -0.2) is 45.3 Å². The van der Waals surface area contributed by atoms with E-state index in [9.17, 15) is 4.79 Å².